The summed E-state index contributed by atoms with van der Waals surface area (Å²) in [6.45, 7) is 0.0344. The van der Waals surface area contributed by atoms with E-state index in [2.05, 4.69) is 0 Å². The van der Waals surface area contributed by atoms with Crippen LogP contribution in [0.4, 0.5) is 0 Å². The number of methoxy groups -OCH3 is 3. The number of hydrogen-bond donors (Lipinski definition) is 1. The maximum absolute atomic E-state index is 13.1. The van der Waals surface area contributed by atoms with Crippen molar-refractivity contribution < 1.29 is 52.6 Å². The normalized spacial score (nSPS) is 23.2. The molecule has 1 saturated heterocycles. The Morgan fingerprint density at radius 1 is 0.919 bits per heavy atom. The van der Waals surface area contributed by atoms with Crippen LogP contribution < -0.4 is 23.7 Å². The van der Waals surface area contributed by atoms with Crippen LogP contribution in [-0.2, 0) is 23.9 Å². The molecule has 1 fully saturated rings. The number of fused-ring (bicyclic) bond motifs is 3. The lowest BCUT2D eigenvalue weighted by atomic mass is 9.66. The van der Waals surface area contributed by atoms with Gasteiger partial charge in [0.15, 0.2) is 23.0 Å². The first-order chi connectivity index (χ1) is 17.9. The quantitative estimate of drug-likeness (QED) is 0.433. The van der Waals surface area contributed by atoms with Gasteiger partial charge in [-0.05, 0) is 35.4 Å². The van der Waals surface area contributed by atoms with Gasteiger partial charge < -0.3 is 38.3 Å². The van der Waals surface area contributed by atoms with Crippen molar-refractivity contribution in [3.63, 3.8) is 0 Å². The minimum Gasteiger partial charge on any atom is -0.493 e. The molecule has 1 aliphatic carbocycles. The third-order valence-electron chi connectivity index (χ3n) is 6.77. The van der Waals surface area contributed by atoms with Crippen molar-refractivity contribution in [3.8, 4) is 28.7 Å². The predicted octanol–water partition coefficient (Wildman–Crippen LogP) is 2.60. The lowest BCUT2D eigenvalue weighted by molar-refractivity contribution is -0.149. The second-order valence-corrected chi connectivity index (χ2v) is 8.62. The van der Waals surface area contributed by atoms with E-state index in [-0.39, 0.29) is 13.4 Å². The van der Waals surface area contributed by atoms with Crippen LogP contribution in [0.1, 0.15) is 28.7 Å². The third kappa shape index (κ3) is 4.15. The number of carbonyl (C=O) groups is 3. The van der Waals surface area contributed by atoms with Gasteiger partial charge in [0.05, 0.1) is 33.9 Å². The van der Waals surface area contributed by atoms with Crippen LogP contribution in [0.2, 0.25) is 0 Å². The molecule has 0 unspecified atom stereocenters. The number of carboxylic acids is 1. The molecule has 194 valence electrons. The molecule has 2 aromatic rings. The lowest BCUT2D eigenvalue weighted by Gasteiger charge is -2.38. The SMILES string of the molecule is COc1cc([C@@H]2c3cc4c(cc3[C@H](OC(=O)/C=C/C(=O)O)[C@H]3COC(=O)[C@@H]23)OCO4)cc(OC)c1OC. The van der Waals surface area contributed by atoms with Gasteiger partial charge in [-0.15, -0.1) is 0 Å². The number of carboxylic acid groups (broad SMARTS) is 1. The highest BCUT2D eigenvalue weighted by Gasteiger charge is 2.54. The molecule has 0 saturated carbocycles. The number of esters is 2. The fraction of sp³-hybridized carbons (Fsp3) is 0.346. The molecule has 0 bridgehead atoms. The molecule has 0 radical (unpaired) electrons. The molecule has 0 aromatic heterocycles. The molecule has 0 spiro atoms. The Bertz CT molecular complexity index is 1270. The van der Waals surface area contributed by atoms with Crippen LogP contribution in [0.3, 0.4) is 0 Å². The van der Waals surface area contributed by atoms with Crippen molar-refractivity contribution in [3.05, 3.63) is 53.1 Å². The number of cyclic esters (lactones) is 1. The van der Waals surface area contributed by atoms with E-state index < -0.39 is 41.8 Å². The number of rotatable bonds is 7. The minimum atomic E-state index is -1.29. The van der Waals surface area contributed by atoms with Crippen LogP contribution >= 0.6 is 0 Å². The van der Waals surface area contributed by atoms with E-state index in [0.717, 1.165) is 6.08 Å². The maximum atomic E-state index is 13.1. The first kappa shape index (κ1) is 24.3. The van der Waals surface area contributed by atoms with Crippen LogP contribution in [0.5, 0.6) is 28.7 Å². The van der Waals surface area contributed by atoms with Crippen molar-refractivity contribution in [2.24, 2.45) is 11.8 Å². The highest BCUT2D eigenvalue weighted by Crippen LogP contribution is 2.56. The molecule has 37 heavy (non-hydrogen) atoms. The summed E-state index contributed by atoms with van der Waals surface area (Å²) in [4.78, 5) is 36.5. The number of benzene rings is 2. The molecule has 11 heteroatoms. The molecule has 2 aromatic carbocycles. The summed E-state index contributed by atoms with van der Waals surface area (Å²) in [5, 5.41) is 8.88. The molecular formula is C26H24O11. The largest absolute Gasteiger partial charge is 0.493 e. The first-order valence-corrected chi connectivity index (χ1v) is 11.4. The minimum absolute atomic E-state index is 0.0128. The standard InChI is InChI=1S/C26H24O11/c1-31-18-6-12(7-19(32-2)25(18)33-3)22-13-8-16-17(36-11-35-16)9-14(13)24(15-10-34-26(30)23(15)22)37-21(29)5-4-20(27)28/h4-9,15,22-24H,10-11H2,1-3H3,(H,27,28)/b5-4+/t15-,22+,23+,24-/m0/s1. The summed E-state index contributed by atoms with van der Waals surface area (Å²) in [6, 6.07) is 7.03. The Morgan fingerprint density at radius 3 is 2.16 bits per heavy atom. The van der Waals surface area contributed by atoms with E-state index in [9.17, 15) is 14.4 Å². The van der Waals surface area contributed by atoms with Crippen LogP contribution in [0.15, 0.2) is 36.4 Å². The highest BCUT2D eigenvalue weighted by atomic mass is 16.7. The molecule has 11 nitrogen and oxygen atoms in total. The molecule has 5 rings (SSSR count). The second kappa shape index (κ2) is 9.57. The Labute approximate surface area is 211 Å². The second-order valence-electron chi connectivity index (χ2n) is 8.62. The molecule has 1 N–H and O–H groups in total. The number of ether oxygens (including phenoxy) is 7. The fourth-order valence-corrected chi connectivity index (χ4v) is 5.25. The zero-order valence-electron chi connectivity index (χ0n) is 20.2. The molecule has 2 aliphatic heterocycles. The molecular weight excluding hydrogens is 488 g/mol. The van der Waals surface area contributed by atoms with Crippen molar-refractivity contribution in [2.45, 2.75) is 12.0 Å². The zero-order valence-corrected chi connectivity index (χ0v) is 20.2. The van der Waals surface area contributed by atoms with E-state index in [1.165, 1.54) is 21.3 Å². The molecule has 0 amide bonds. The number of hydrogen-bond acceptors (Lipinski definition) is 10. The van der Waals surface area contributed by atoms with Gasteiger partial charge in [-0.2, -0.15) is 0 Å². The summed E-state index contributed by atoms with van der Waals surface area (Å²) in [7, 11) is 4.50. The van der Waals surface area contributed by atoms with Gasteiger partial charge >= 0.3 is 17.9 Å². The van der Waals surface area contributed by atoms with Gasteiger partial charge in [-0.25, -0.2) is 9.59 Å². The fourth-order valence-electron chi connectivity index (χ4n) is 5.25. The molecule has 3 aliphatic rings. The average Bonchev–Trinajstić information content (AvgIpc) is 3.51. The summed E-state index contributed by atoms with van der Waals surface area (Å²) >= 11 is 0. The van der Waals surface area contributed by atoms with Crippen molar-refractivity contribution in [2.75, 3.05) is 34.7 Å². The van der Waals surface area contributed by atoms with Gasteiger partial charge in [0.2, 0.25) is 12.5 Å². The predicted molar refractivity (Wildman–Crippen MR) is 124 cm³/mol. The Hall–Kier alpha value is -4.41. The van der Waals surface area contributed by atoms with E-state index >= 15 is 0 Å². The Balaban J connectivity index is 1.69. The summed E-state index contributed by atoms with van der Waals surface area (Å²) in [5.41, 5.74) is 1.96. The van der Waals surface area contributed by atoms with E-state index in [1.54, 1.807) is 24.3 Å². The monoisotopic (exact) mass is 512 g/mol. The number of aliphatic carboxylic acids is 1. The van der Waals surface area contributed by atoms with Gasteiger partial charge in [0.1, 0.15) is 6.10 Å². The molecule has 4 atom stereocenters. The van der Waals surface area contributed by atoms with E-state index in [0.29, 0.717) is 51.5 Å². The van der Waals surface area contributed by atoms with Crippen molar-refractivity contribution >= 4 is 17.9 Å². The van der Waals surface area contributed by atoms with E-state index in [4.69, 9.17) is 38.3 Å². The highest BCUT2D eigenvalue weighted by molar-refractivity contribution is 5.91. The van der Waals surface area contributed by atoms with Crippen molar-refractivity contribution in [1.82, 2.24) is 0 Å². The Morgan fingerprint density at radius 2 is 1.57 bits per heavy atom. The first-order valence-electron chi connectivity index (χ1n) is 11.4. The van der Waals surface area contributed by atoms with Gasteiger partial charge in [0, 0.05) is 29.6 Å². The van der Waals surface area contributed by atoms with E-state index in [1.807, 2.05) is 0 Å². The maximum Gasteiger partial charge on any atom is 0.331 e. The summed E-state index contributed by atoms with van der Waals surface area (Å²) < 4.78 is 38.9. The third-order valence-corrected chi connectivity index (χ3v) is 6.77. The van der Waals surface area contributed by atoms with Crippen LogP contribution in [-0.4, -0.2) is 57.7 Å². The van der Waals surface area contributed by atoms with Crippen LogP contribution in [0.25, 0.3) is 0 Å². The average molecular weight is 512 g/mol. The lowest BCUT2D eigenvalue weighted by Crippen LogP contribution is -2.36. The smallest absolute Gasteiger partial charge is 0.331 e. The number of carbonyl (C=O) groups excluding carboxylic acids is 2. The Kier molecular flexibility index (Phi) is 6.28. The zero-order chi connectivity index (χ0) is 26.3. The summed E-state index contributed by atoms with van der Waals surface area (Å²) in [5.74, 6) is -2.24. The van der Waals surface area contributed by atoms with Crippen molar-refractivity contribution in [1.29, 1.82) is 0 Å². The van der Waals surface area contributed by atoms with Gasteiger partial charge in [-0.3, -0.25) is 4.79 Å². The summed E-state index contributed by atoms with van der Waals surface area (Å²) in [6.07, 6.45) is 0.621. The van der Waals surface area contributed by atoms with Gasteiger partial charge in [0.25, 0.3) is 0 Å². The molecule has 2 heterocycles. The van der Waals surface area contributed by atoms with Crippen LogP contribution in [0, 0.1) is 11.8 Å². The van der Waals surface area contributed by atoms with Gasteiger partial charge in [-0.1, -0.05) is 0 Å². The topological polar surface area (TPSA) is 136 Å².